The summed E-state index contributed by atoms with van der Waals surface area (Å²) < 4.78 is 11.1. The molecule has 2 aromatic rings. The van der Waals surface area contributed by atoms with Gasteiger partial charge in [0.25, 0.3) is 11.8 Å². The van der Waals surface area contributed by atoms with E-state index in [2.05, 4.69) is 0 Å². The Bertz CT molecular complexity index is 995. The Morgan fingerprint density at radius 3 is 2.33 bits per heavy atom. The summed E-state index contributed by atoms with van der Waals surface area (Å²) in [6.07, 6.45) is 0.0481. The summed E-state index contributed by atoms with van der Waals surface area (Å²) in [5.74, 6) is 0.00806. The molecule has 2 heterocycles. The van der Waals surface area contributed by atoms with Crippen molar-refractivity contribution in [2.75, 3.05) is 31.2 Å². The highest BCUT2D eigenvalue weighted by atomic mass is 35.5. The van der Waals surface area contributed by atoms with E-state index in [1.54, 1.807) is 24.3 Å². The minimum Gasteiger partial charge on any atom is -0.491 e. The Kier molecular flexibility index (Phi) is 5.79. The molecule has 0 atom stereocenters. The van der Waals surface area contributed by atoms with Crippen LogP contribution in [0.25, 0.3) is 5.57 Å². The lowest BCUT2D eigenvalue weighted by molar-refractivity contribution is -0.121. The summed E-state index contributed by atoms with van der Waals surface area (Å²) in [6, 6.07) is 14.0. The van der Waals surface area contributed by atoms with Crippen LogP contribution >= 0.6 is 11.6 Å². The van der Waals surface area contributed by atoms with Crippen LogP contribution in [0, 0.1) is 0 Å². The van der Waals surface area contributed by atoms with E-state index in [0.29, 0.717) is 59.6 Å². The van der Waals surface area contributed by atoms with E-state index in [9.17, 15) is 9.59 Å². The number of amides is 2. The Hall–Kier alpha value is -2.83. The van der Waals surface area contributed by atoms with E-state index < -0.39 is 0 Å². The topological polar surface area (TPSA) is 59.1 Å². The van der Waals surface area contributed by atoms with Crippen molar-refractivity contribution in [1.29, 1.82) is 0 Å². The number of imide groups is 1. The zero-order chi connectivity index (χ0) is 21.3. The third-order valence-electron chi connectivity index (χ3n) is 4.97. The van der Waals surface area contributed by atoms with Crippen molar-refractivity contribution in [1.82, 2.24) is 4.90 Å². The van der Waals surface area contributed by atoms with Gasteiger partial charge in [-0.05, 0) is 49.7 Å². The summed E-state index contributed by atoms with van der Waals surface area (Å²) in [5, 5.41) is 0.463. The van der Waals surface area contributed by atoms with Gasteiger partial charge in [0.1, 0.15) is 11.4 Å². The van der Waals surface area contributed by atoms with Crippen LogP contribution in [0.4, 0.5) is 5.69 Å². The highest BCUT2D eigenvalue weighted by molar-refractivity contribution is 6.45. The molecule has 0 saturated carbocycles. The second-order valence-electron chi connectivity index (χ2n) is 7.44. The minimum atomic E-state index is -0.360. The summed E-state index contributed by atoms with van der Waals surface area (Å²) >= 11 is 6.11. The van der Waals surface area contributed by atoms with Crippen molar-refractivity contribution in [3.05, 3.63) is 64.8 Å². The number of anilines is 1. The monoisotopic (exact) mass is 426 g/mol. The predicted octanol–water partition coefficient (Wildman–Crippen LogP) is 3.74. The highest BCUT2D eigenvalue weighted by Crippen LogP contribution is 2.36. The van der Waals surface area contributed by atoms with Crippen LogP contribution in [0.2, 0.25) is 5.02 Å². The van der Waals surface area contributed by atoms with Crippen molar-refractivity contribution in [2.24, 2.45) is 0 Å². The number of morpholine rings is 1. The second-order valence-corrected chi connectivity index (χ2v) is 7.88. The molecule has 2 aliphatic heterocycles. The van der Waals surface area contributed by atoms with Crippen molar-refractivity contribution in [3.63, 3.8) is 0 Å². The molecule has 30 heavy (non-hydrogen) atoms. The Balaban J connectivity index is 1.77. The maximum Gasteiger partial charge on any atom is 0.282 e. The van der Waals surface area contributed by atoms with Gasteiger partial charge in [-0.1, -0.05) is 29.8 Å². The van der Waals surface area contributed by atoms with Crippen LogP contribution in [0.15, 0.2) is 54.2 Å². The highest BCUT2D eigenvalue weighted by Gasteiger charge is 2.42. The van der Waals surface area contributed by atoms with Crippen molar-refractivity contribution >= 4 is 34.7 Å². The van der Waals surface area contributed by atoms with Gasteiger partial charge in [0.05, 0.1) is 30.6 Å². The molecule has 2 amide bonds. The first kappa shape index (κ1) is 20.4. The number of halogens is 1. The molecular formula is C23H23ClN2O4. The molecule has 0 N–H and O–H groups in total. The first-order chi connectivity index (χ1) is 14.5. The van der Waals surface area contributed by atoms with Crippen molar-refractivity contribution in [3.8, 4) is 5.75 Å². The first-order valence-electron chi connectivity index (χ1n) is 9.94. The largest absolute Gasteiger partial charge is 0.491 e. The zero-order valence-corrected chi connectivity index (χ0v) is 17.7. The summed E-state index contributed by atoms with van der Waals surface area (Å²) in [7, 11) is 0. The molecule has 1 fully saturated rings. The molecule has 1 saturated heterocycles. The van der Waals surface area contributed by atoms with Gasteiger partial charge in [-0.15, -0.1) is 0 Å². The molecule has 0 aliphatic carbocycles. The number of ether oxygens (including phenoxy) is 2. The number of rotatable bonds is 5. The molecule has 2 aromatic carbocycles. The number of hydrogen-bond acceptors (Lipinski definition) is 5. The number of benzene rings is 2. The summed E-state index contributed by atoms with van der Waals surface area (Å²) in [4.78, 5) is 30.0. The molecular weight excluding hydrogens is 404 g/mol. The van der Waals surface area contributed by atoms with Crippen molar-refractivity contribution in [2.45, 2.75) is 20.0 Å². The molecule has 0 unspecified atom stereocenters. The van der Waals surface area contributed by atoms with Crippen molar-refractivity contribution < 1.29 is 19.1 Å². The molecule has 0 bridgehead atoms. The Labute approximate surface area is 180 Å². The zero-order valence-electron chi connectivity index (χ0n) is 16.9. The van der Waals surface area contributed by atoms with Gasteiger partial charge in [-0.3, -0.25) is 9.59 Å². The molecule has 6 nitrogen and oxygen atoms in total. The fourth-order valence-corrected chi connectivity index (χ4v) is 3.87. The molecule has 4 rings (SSSR count). The van der Waals surface area contributed by atoms with Crippen LogP contribution in [0.1, 0.15) is 19.4 Å². The molecule has 2 aliphatic rings. The van der Waals surface area contributed by atoms with Gasteiger partial charge >= 0.3 is 0 Å². The normalized spacial score (nSPS) is 17.3. The lowest BCUT2D eigenvalue weighted by Crippen LogP contribution is -2.40. The molecule has 0 aromatic heterocycles. The van der Waals surface area contributed by atoms with Crippen LogP contribution < -0.4 is 9.64 Å². The summed E-state index contributed by atoms with van der Waals surface area (Å²) in [6.45, 7) is 6.03. The number of carbonyl (C=O) groups excluding carboxylic acids is 2. The van der Waals surface area contributed by atoms with Gasteiger partial charge in [-0.25, -0.2) is 4.90 Å². The third-order valence-corrected chi connectivity index (χ3v) is 5.20. The van der Waals surface area contributed by atoms with E-state index >= 15 is 0 Å². The lowest BCUT2D eigenvalue weighted by Gasteiger charge is -2.29. The van der Waals surface area contributed by atoms with Gasteiger partial charge in [0, 0.05) is 18.1 Å². The average Bonchev–Trinajstić information content (AvgIpc) is 2.99. The predicted molar refractivity (Wildman–Crippen MR) is 115 cm³/mol. The summed E-state index contributed by atoms with van der Waals surface area (Å²) in [5.41, 5.74) is 1.92. The molecule has 0 radical (unpaired) electrons. The van der Waals surface area contributed by atoms with E-state index in [4.69, 9.17) is 21.1 Å². The van der Waals surface area contributed by atoms with Gasteiger partial charge < -0.3 is 14.4 Å². The quantitative estimate of drug-likeness (QED) is 0.681. The smallest absolute Gasteiger partial charge is 0.282 e. The van der Waals surface area contributed by atoms with Crippen LogP contribution in [-0.2, 0) is 14.3 Å². The standard InChI is InChI=1S/C23H23ClN2O4/c1-15(2)30-19-8-6-16(7-9-19)20-21(25-10-12-29-13-11-25)23(28)26(22(20)27)18-5-3-4-17(24)14-18/h3-9,14-15H,10-13H2,1-2H3. The SMILES string of the molecule is CC(C)Oc1ccc(C2=C(N3CCOCC3)C(=O)N(c3cccc(Cl)c3)C2=O)cc1. The maximum atomic E-state index is 13.5. The molecule has 156 valence electrons. The van der Waals surface area contributed by atoms with Gasteiger partial charge in [-0.2, -0.15) is 0 Å². The second kappa shape index (κ2) is 8.50. The van der Waals surface area contributed by atoms with Gasteiger partial charge in [0.15, 0.2) is 0 Å². The van der Waals surface area contributed by atoms with Gasteiger partial charge in [0.2, 0.25) is 0 Å². The maximum absolute atomic E-state index is 13.5. The Morgan fingerprint density at radius 1 is 1.00 bits per heavy atom. The van der Waals surface area contributed by atoms with E-state index in [1.807, 2.05) is 43.0 Å². The van der Waals surface area contributed by atoms with E-state index in [0.717, 1.165) is 0 Å². The first-order valence-corrected chi connectivity index (χ1v) is 10.3. The van der Waals surface area contributed by atoms with Crippen LogP contribution in [-0.4, -0.2) is 49.1 Å². The number of carbonyl (C=O) groups is 2. The minimum absolute atomic E-state index is 0.0481. The fraction of sp³-hybridized carbons (Fsp3) is 0.304. The van der Waals surface area contributed by atoms with Crippen LogP contribution in [0.3, 0.4) is 0 Å². The van der Waals surface area contributed by atoms with E-state index in [1.165, 1.54) is 4.90 Å². The van der Waals surface area contributed by atoms with Crippen LogP contribution in [0.5, 0.6) is 5.75 Å². The molecule has 7 heteroatoms. The third kappa shape index (κ3) is 3.93. The molecule has 0 spiro atoms. The number of nitrogens with zero attached hydrogens (tertiary/aromatic N) is 2. The fourth-order valence-electron chi connectivity index (χ4n) is 3.68. The van der Waals surface area contributed by atoms with E-state index in [-0.39, 0.29) is 17.9 Å². The average molecular weight is 427 g/mol. The Morgan fingerprint density at radius 2 is 1.70 bits per heavy atom. The number of hydrogen-bond donors (Lipinski definition) is 0. The lowest BCUT2D eigenvalue weighted by atomic mass is 10.0.